The van der Waals surface area contributed by atoms with Crippen LogP contribution in [0.25, 0.3) is 0 Å². The molecule has 3 rings (SSSR count). The Bertz CT molecular complexity index is 513. The molecule has 0 amide bonds. The maximum absolute atomic E-state index is 5.85. The van der Waals surface area contributed by atoms with Gasteiger partial charge in [0.2, 0.25) is 0 Å². The van der Waals surface area contributed by atoms with Gasteiger partial charge in [0.15, 0.2) is 0 Å². The summed E-state index contributed by atoms with van der Waals surface area (Å²) in [6.45, 7) is 0. The molecule has 0 bridgehead atoms. The molecule has 0 aliphatic heterocycles. The lowest BCUT2D eigenvalue weighted by atomic mass is 10.1. The van der Waals surface area contributed by atoms with Crippen LogP contribution in [-0.4, -0.2) is 11.0 Å². The predicted octanol–water partition coefficient (Wildman–Crippen LogP) is 3.70. The van der Waals surface area contributed by atoms with Crippen LogP contribution >= 0.6 is 11.6 Å². The zero-order valence-corrected chi connectivity index (χ0v) is 10.1. The third-order valence-corrected chi connectivity index (χ3v) is 3.28. The highest BCUT2D eigenvalue weighted by Crippen LogP contribution is 2.42. The van der Waals surface area contributed by atoms with Gasteiger partial charge in [-0.3, -0.25) is 0 Å². The first kappa shape index (κ1) is 10.6. The molecule has 2 aromatic rings. The fourth-order valence-corrected chi connectivity index (χ4v) is 2.27. The number of hydrogen-bond donors (Lipinski definition) is 1. The number of anilines is 1. The lowest BCUT2D eigenvalue weighted by molar-refractivity contribution is 1.03. The van der Waals surface area contributed by atoms with E-state index in [0.29, 0.717) is 17.1 Å². The molecule has 1 saturated carbocycles. The normalized spacial score (nSPS) is 22.2. The zero-order valence-electron chi connectivity index (χ0n) is 9.31. The minimum absolute atomic E-state index is 0.489. The van der Waals surface area contributed by atoms with E-state index >= 15 is 0 Å². The smallest absolute Gasteiger partial charge is 0.131 e. The van der Waals surface area contributed by atoms with Crippen LogP contribution in [0.15, 0.2) is 48.5 Å². The van der Waals surface area contributed by atoms with E-state index in [1.807, 2.05) is 18.2 Å². The molecule has 1 aliphatic carbocycles. The van der Waals surface area contributed by atoms with E-state index in [1.165, 1.54) is 5.56 Å². The van der Waals surface area contributed by atoms with Gasteiger partial charge in [0.25, 0.3) is 0 Å². The van der Waals surface area contributed by atoms with E-state index in [-0.39, 0.29) is 0 Å². The summed E-state index contributed by atoms with van der Waals surface area (Å²) in [5.41, 5.74) is 1.40. The highest BCUT2D eigenvalue weighted by molar-refractivity contribution is 6.29. The fraction of sp³-hybridized carbons (Fsp3) is 0.214. The second-order valence-electron chi connectivity index (χ2n) is 4.35. The highest BCUT2D eigenvalue weighted by Gasteiger charge is 2.38. The molecule has 86 valence electrons. The lowest BCUT2D eigenvalue weighted by Crippen LogP contribution is -2.05. The Kier molecular flexibility index (Phi) is 2.73. The second-order valence-corrected chi connectivity index (χ2v) is 4.74. The summed E-state index contributed by atoms with van der Waals surface area (Å²) in [5.74, 6) is 1.47. The molecule has 1 aromatic heterocycles. The largest absolute Gasteiger partial charge is 0.367 e. The fourth-order valence-electron chi connectivity index (χ4n) is 2.10. The van der Waals surface area contributed by atoms with Crippen molar-refractivity contribution in [2.45, 2.75) is 18.4 Å². The standard InChI is InChI=1S/C14H13ClN2/c15-13-7-4-8-14(17-13)16-12-9-11(12)10-5-2-1-3-6-10/h1-8,11-12H,9H2,(H,16,17). The van der Waals surface area contributed by atoms with Crippen LogP contribution in [0.5, 0.6) is 0 Å². The molecular weight excluding hydrogens is 232 g/mol. The van der Waals surface area contributed by atoms with Crippen molar-refractivity contribution in [2.75, 3.05) is 5.32 Å². The van der Waals surface area contributed by atoms with E-state index in [0.717, 1.165) is 12.2 Å². The minimum Gasteiger partial charge on any atom is -0.367 e. The average molecular weight is 245 g/mol. The number of hydrogen-bond acceptors (Lipinski definition) is 2. The molecule has 2 atom stereocenters. The summed E-state index contributed by atoms with van der Waals surface area (Å²) in [7, 11) is 0. The van der Waals surface area contributed by atoms with Crippen LogP contribution in [0.4, 0.5) is 5.82 Å². The van der Waals surface area contributed by atoms with E-state index < -0.39 is 0 Å². The first-order valence-electron chi connectivity index (χ1n) is 5.77. The molecule has 3 heteroatoms. The van der Waals surface area contributed by atoms with Crippen molar-refractivity contribution in [3.05, 3.63) is 59.2 Å². The molecule has 17 heavy (non-hydrogen) atoms. The molecule has 1 fully saturated rings. The highest BCUT2D eigenvalue weighted by atomic mass is 35.5. The number of nitrogens with one attached hydrogen (secondary N) is 1. The number of nitrogens with zero attached hydrogens (tertiary/aromatic N) is 1. The van der Waals surface area contributed by atoms with E-state index in [2.05, 4.69) is 34.6 Å². The van der Waals surface area contributed by atoms with Crippen molar-refractivity contribution < 1.29 is 0 Å². The zero-order chi connectivity index (χ0) is 11.7. The SMILES string of the molecule is Clc1cccc(NC2CC2c2ccccc2)n1. The third kappa shape index (κ3) is 2.42. The third-order valence-electron chi connectivity index (χ3n) is 3.07. The Morgan fingerprint density at radius 3 is 2.65 bits per heavy atom. The van der Waals surface area contributed by atoms with Crippen molar-refractivity contribution in [3.63, 3.8) is 0 Å². The molecule has 2 unspecified atom stereocenters. The van der Waals surface area contributed by atoms with Crippen molar-refractivity contribution in [2.24, 2.45) is 0 Å². The Hall–Kier alpha value is -1.54. The topological polar surface area (TPSA) is 24.9 Å². The van der Waals surface area contributed by atoms with Crippen LogP contribution < -0.4 is 5.32 Å². The van der Waals surface area contributed by atoms with Crippen LogP contribution in [0.3, 0.4) is 0 Å². The van der Waals surface area contributed by atoms with Crippen LogP contribution in [0.2, 0.25) is 5.15 Å². The molecule has 1 aliphatic rings. The quantitative estimate of drug-likeness (QED) is 0.833. The van der Waals surface area contributed by atoms with Crippen LogP contribution in [0.1, 0.15) is 17.9 Å². The Morgan fingerprint density at radius 2 is 1.88 bits per heavy atom. The molecule has 1 heterocycles. The van der Waals surface area contributed by atoms with Crippen LogP contribution in [0, 0.1) is 0 Å². The summed E-state index contributed by atoms with van der Waals surface area (Å²) >= 11 is 5.85. The molecule has 2 nitrogen and oxygen atoms in total. The van der Waals surface area contributed by atoms with Gasteiger partial charge in [0.1, 0.15) is 11.0 Å². The summed E-state index contributed by atoms with van der Waals surface area (Å²) in [6.07, 6.45) is 1.16. The maximum atomic E-state index is 5.85. The average Bonchev–Trinajstić information content (AvgIpc) is 3.10. The number of aromatic nitrogens is 1. The van der Waals surface area contributed by atoms with Gasteiger partial charge < -0.3 is 5.32 Å². The predicted molar refractivity (Wildman–Crippen MR) is 70.5 cm³/mol. The Labute approximate surface area is 106 Å². The van der Waals surface area contributed by atoms with Gasteiger partial charge in [-0.25, -0.2) is 4.98 Å². The van der Waals surface area contributed by atoms with Crippen molar-refractivity contribution >= 4 is 17.4 Å². The number of pyridine rings is 1. The van der Waals surface area contributed by atoms with E-state index in [9.17, 15) is 0 Å². The summed E-state index contributed by atoms with van der Waals surface area (Å²) < 4.78 is 0. The number of halogens is 1. The Balaban J connectivity index is 1.66. The first-order chi connectivity index (χ1) is 8.33. The second kappa shape index (κ2) is 4.38. The van der Waals surface area contributed by atoms with Crippen LogP contribution in [-0.2, 0) is 0 Å². The molecular formula is C14H13ClN2. The molecule has 1 N–H and O–H groups in total. The molecule has 0 spiro atoms. The van der Waals surface area contributed by atoms with Gasteiger partial charge in [0.05, 0.1) is 0 Å². The number of rotatable bonds is 3. The maximum Gasteiger partial charge on any atom is 0.131 e. The van der Waals surface area contributed by atoms with Crippen molar-refractivity contribution in [3.8, 4) is 0 Å². The monoisotopic (exact) mass is 244 g/mol. The van der Waals surface area contributed by atoms with Gasteiger partial charge in [-0.05, 0) is 24.1 Å². The van der Waals surface area contributed by atoms with Gasteiger partial charge in [0, 0.05) is 12.0 Å². The van der Waals surface area contributed by atoms with Gasteiger partial charge in [-0.1, -0.05) is 48.0 Å². The molecule has 0 saturated heterocycles. The first-order valence-corrected chi connectivity index (χ1v) is 6.15. The van der Waals surface area contributed by atoms with Gasteiger partial charge >= 0.3 is 0 Å². The summed E-state index contributed by atoms with van der Waals surface area (Å²) in [6, 6.07) is 16.7. The number of benzene rings is 1. The van der Waals surface area contributed by atoms with Crippen molar-refractivity contribution in [1.82, 2.24) is 4.98 Å². The molecule has 0 radical (unpaired) electrons. The Morgan fingerprint density at radius 1 is 1.06 bits per heavy atom. The summed E-state index contributed by atoms with van der Waals surface area (Å²) in [5, 5.41) is 3.94. The summed E-state index contributed by atoms with van der Waals surface area (Å²) in [4.78, 5) is 4.24. The van der Waals surface area contributed by atoms with E-state index in [1.54, 1.807) is 6.07 Å². The molecule has 1 aromatic carbocycles. The van der Waals surface area contributed by atoms with Gasteiger partial charge in [-0.2, -0.15) is 0 Å². The lowest BCUT2D eigenvalue weighted by Gasteiger charge is -2.05. The van der Waals surface area contributed by atoms with Gasteiger partial charge in [-0.15, -0.1) is 0 Å². The minimum atomic E-state index is 0.489. The van der Waals surface area contributed by atoms with Crippen molar-refractivity contribution in [1.29, 1.82) is 0 Å². The van der Waals surface area contributed by atoms with E-state index in [4.69, 9.17) is 11.6 Å².